The predicted octanol–water partition coefficient (Wildman–Crippen LogP) is 5.35. The lowest BCUT2D eigenvalue weighted by Crippen LogP contribution is -2.30. The van der Waals surface area contributed by atoms with Crippen LogP contribution in [-0.4, -0.2) is 40.2 Å². The zero-order chi connectivity index (χ0) is 28.4. The highest BCUT2D eigenvalue weighted by Gasteiger charge is 2.32. The highest BCUT2D eigenvalue weighted by Crippen LogP contribution is 2.39. The Morgan fingerprint density at radius 2 is 1.85 bits per heavy atom. The van der Waals surface area contributed by atoms with Gasteiger partial charge in [-0.25, -0.2) is 9.78 Å². The number of fused-ring (bicyclic) bond motifs is 1. The summed E-state index contributed by atoms with van der Waals surface area (Å²) in [6.45, 7) is 4.16. The smallest absolute Gasteiger partial charge is 0.344 e. The molecule has 40 heavy (non-hydrogen) atoms. The molecule has 0 aliphatic heterocycles. The van der Waals surface area contributed by atoms with E-state index in [1.807, 2.05) is 79.7 Å². The molecule has 2 aromatic carbocycles. The minimum atomic E-state index is -0.902. The van der Waals surface area contributed by atoms with Gasteiger partial charge in [0.2, 0.25) is 0 Å². The van der Waals surface area contributed by atoms with Crippen LogP contribution in [0.1, 0.15) is 41.8 Å². The number of hydrogen-bond acceptors (Lipinski definition) is 7. The highest BCUT2D eigenvalue weighted by molar-refractivity contribution is 6.07. The Hall–Kier alpha value is -4.53. The Labute approximate surface area is 232 Å². The molecule has 0 radical (unpaired) electrons. The van der Waals surface area contributed by atoms with Gasteiger partial charge in [-0.3, -0.25) is 4.79 Å². The molecule has 2 aromatic heterocycles. The van der Waals surface area contributed by atoms with Crippen LogP contribution in [0.25, 0.3) is 38.9 Å². The Balaban J connectivity index is 1.81. The van der Waals surface area contributed by atoms with E-state index in [1.165, 1.54) is 0 Å². The molecule has 5 rings (SSSR count). The molecule has 1 atom stereocenters. The molecule has 1 aliphatic carbocycles. The molecule has 1 unspecified atom stereocenters. The number of carbonyl (C=O) groups excluding carboxylic acids is 1. The highest BCUT2D eigenvalue weighted by atomic mass is 16.5. The fourth-order valence-corrected chi connectivity index (χ4v) is 5.12. The molecule has 204 valence electrons. The van der Waals surface area contributed by atoms with Crippen LogP contribution in [0, 0.1) is 0 Å². The largest absolute Gasteiger partial charge is 0.462 e. The number of benzene rings is 2. The molecule has 0 saturated heterocycles. The molecule has 2 heterocycles. The first-order valence-corrected chi connectivity index (χ1v) is 13.1. The first-order valence-electron chi connectivity index (χ1n) is 13.1. The Kier molecular flexibility index (Phi) is 7.38. The number of hydrogen-bond donors (Lipinski definition) is 2. The van der Waals surface area contributed by atoms with Crippen LogP contribution < -0.4 is 11.3 Å². The molecule has 8 heteroatoms. The van der Waals surface area contributed by atoms with Gasteiger partial charge < -0.3 is 20.4 Å². The number of carbonyl (C=O) groups is 1. The van der Waals surface area contributed by atoms with Gasteiger partial charge in [0, 0.05) is 30.8 Å². The molecule has 0 bridgehead atoms. The van der Waals surface area contributed by atoms with Crippen molar-refractivity contribution in [3.8, 4) is 22.3 Å². The maximum atomic E-state index is 13.4. The molecule has 0 amide bonds. The molecule has 4 aromatic rings. The monoisotopic (exact) mass is 537 g/mol. The Morgan fingerprint density at radius 1 is 1.10 bits per heavy atom. The Bertz CT molecular complexity index is 1720. The van der Waals surface area contributed by atoms with Crippen LogP contribution in [-0.2, 0) is 16.0 Å². The second-order valence-corrected chi connectivity index (χ2v) is 9.81. The van der Waals surface area contributed by atoms with E-state index in [1.54, 1.807) is 20.2 Å². The van der Waals surface area contributed by atoms with Gasteiger partial charge in [-0.1, -0.05) is 60.7 Å². The van der Waals surface area contributed by atoms with Crippen LogP contribution in [0.5, 0.6) is 0 Å². The van der Waals surface area contributed by atoms with Gasteiger partial charge in [0.15, 0.2) is 5.65 Å². The lowest BCUT2D eigenvalue weighted by Gasteiger charge is -2.32. The van der Waals surface area contributed by atoms with Gasteiger partial charge in [0.1, 0.15) is 5.56 Å². The molecule has 0 saturated carbocycles. The predicted molar refractivity (Wildman–Crippen MR) is 155 cm³/mol. The quantitative estimate of drug-likeness (QED) is 0.241. The van der Waals surface area contributed by atoms with E-state index >= 15 is 0 Å². The van der Waals surface area contributed by atoms with Crippen LogP contribution in [0.2, 0.25) is 0 Å². The second-order valence-electron chi connectivity index (χ2n) is 9.81. The fourth-order valence-electron chi connectivity index (χ4n) is 5.12. The third kappa shape index (κ3) is 4.72. The SMILES string of the molecule is CCOC(=O)c1c(-c2cccc(-c3ccc(CN)cc3)c2)c2cc(C3=CC=CCC3(C)OC)cnc2n(O)c1=O. The summed E-state index contributed by atoms with van der Waals surface area (Å²) in [6.07, 6.45) is 8.21. The van der Waals surface area contributed by atoms with E-state index in [-0.39, 0.29) is 17.8 Å². The van der Waals surface area contributed by atoms with Gasteiger partial charge in [-0.15, -0.1) is 4.73 Å². The topological polar surface area (TPSA) is 117 Å². The minimum absolute atomic E-state index is 0.0283. The van der Waals surface area contributed by atoms with E-state index in [0.717, 1.165) is 27.8 Å². The van der Waals surface area contributed by atoms with Crippen molar-refractivity contribution in [2.75, 3.05) is 13.7 Å². The molecule has 8 nitrogen and oxygen atoms in total. The van der Waals surface area contributed by atoms with Crippen molar-refractivity contribution in [1.82, 2.24) is 9.71 Å². The van der Waals surface area contributed by atoms with Gasteiger partial charge in [0.05, 0.1) is 12.2 Å². The molecule has 3 N–H and O–H groups in total. The third-order valence-electron chi connectivity index (χ3n) is 7.38. The first kappa shape index (κ1) is 27.1. The zero-order valence-electron chi connectivity index (χ0n) is 22.7. The number of aromatic nitrogens is 2. The minimum Gasteiger partial charge on any atom is -0.462 e. The van der Waals surface area contributed by atoms with Crippen molar-refractivity contribution >= 4 is 22.6 Å². The van der Waals surface area contributed by atoms with E-state index in [2.05, 4.69) is 4.98 Å². The van der Waals surface area contributed by atoms with E-state index in [9.17, 15) is 14.8 Å². The van der Waals surface area contributed by atoms with E-state index in [0.29, 0.717) is 34.2 Å². The summed E-state index contributed by atoms with van der Waals surface area (Å²) < 4.78 is 11.5. The number of ether oxygens (including phenoxy) is 2. The molecular weight excluding hydrogens is 506 g/mol. The molecule has 0 spiro atoms. The normalized spacial score (nSPS) is 16.6. The van der Waals surface area contributed by atoms with Crippen molar-refractivity contribution in [3.63, 3.8) is 0 Å². The average Bonchev–Trinajstić information content (AvgIpc) is 2.99. The molecule has 1 aliphatic rings. The summed E-state index contributed by atoms with van der Waals surface area (Å²) in [7, 11) is 1.66. The van der Waals surface area contributed by atoms with Crippen LogP contribution in [0.3, 0.4) is 0 Å². The van der Waals surface area contributed by atoms with Crippen molar-refractivity contribution in [2.45, 2.75) is 32.4 Å². The fraction of sp³-hybridized carbons (Fsp3) is 0.219. The third-order valence-corrected chi connectivity index (χ3v) is 7.38. The standard InChI is InChI=1S/C32H31N3O5/c1-4-40-31(37)28-27(23-9-7-8-22(16-23)21-13-11-20(18-33)12-14-21)25-17-24(19-34-29(25)35(38)30(28)36)26-10-5-6-15-32(26,2)39-3/h5-14,16-17,19,38H,4,15,18,33H2,1-3H3. The first-order chi connectivity index (χ1) is 19.3. The number of allylic oxidation sites excluding steroid dienone is 2. The van der Waals surface area contributed by atoms with Crippen molar-refractivity contribution in [2.24, 2.45) is 5.73 Å². The van der Waals surface area contributed by atoms with E-state index in [4.69, 9.17) is 15.2 Å². The van der Waals surface area contributed by atoms with E-state index < -0.39 is 17.1 Å². The number of nitrogens with two attached hydrogens (primary N) is 1. The summed E-state index contributed by atoms with van der Waals surface area (Å²) in [5.41, 5.74) is 9.44. The number of rotatable bonds is 7. The van der Waals surface area contributed by atoms with Crippen LogP contribution >= 0.6 is 0 Å². The van der Waals surface area contributed by atoms with Gasteiger partial charge in [-0.05, 0) is 65.8 Å². The molecule has 0 fully saturated rings. The number of esters is 1. The van der Waals surface area contributed by atoms with Crippen molar-refractivity contribution < 1.29 is 19.5 Å². The second kappa shape index (κ2) is 10.9. The summed E-state index contributed by atoms with van der Waals surface area (Å²) in [5, 5.41) is 11.3. The van der Waals surface area contributed by atoms with Gasteiger partial charge in [-0.2, -0.15) is 0 Å². The average molecular weight is 538 g/mol. The van der Waals surface area contributed by atoms with Crippen LogP contribution in [0.4, 0.5) is 0 Å². The lowest BCUT2D eigenvalue weighted by molar-refractivity contribution is 0.0519. The summed E-state index contributed by atoms with van der Waals surface area (Å²) in [5.74, 6) is -0.822. The van der Waals surface area contributed by atoms with Gasteiger partial charge >= 0.3 is 5.97 Å². The zero-order valence-corrected chi connectivity index (χ0v) is 22.7. The number of methoxy groups -OCH3 is 1. The van der Waals surface area contributed by atoms with Crippen molar-refractivity contribution in [1.29, 1.82) is 0 Å². The Morgan fingerprint density at radius 3 is 2.55 bits per heavy atom. The summed E-state index contributed by atoms with van der Waals surface area (Å²) >= 11 is 0. The number of nitrogens with zero attached hydrogens (tertiary/aromatic N) is 2. The maximum Gasteiger partial charge on any atom is 0.344 e. The molecular formula is C32H31N3O5. The summed E-state index contributed by atoms with van der Waals surface area (Å²) in [4.78, 5) is 31.0. The summed E-state index contributed by atoms with van der Waals surface area (Å²) in [6, 6.07) is 17.3. The number of pyridine rings is 2. The lowest BCUT2D eigenvalue weighted by atomic mass is 9.83. The maximum absolute atomic E-state index is 13.4. The van der Waals surface area contributed by atoms with Gasteiger partial charge in [0.25, 0.3) is 5.56 Å². The van der Waals surface area contributed by atoms with Crippen molar-refractivity contribution in [3.05, 3.63) is 106 Å². The van der Waals surface area contributed by atoms with Crippen LogP contribution in [0.15, 0.2) is 83.8 Å².